The van der Waals surface area contributed by atoms with Crippen molar-refractivity contribution in [3.05, 3.63) is 58.1 Å². The van der Waals surface area contributed by atoms with Crippen LogP contribution in [-0.2, 0) is 11.2 Å². The minimum absolute atomic E-state index is 0.259. The molecule has 0 amide bonds. The number of ether oxygens (including phenoxy) is 2. The smallest absolute Gasteiger partial charge is 0.188 e. The molecule has 0 spiro atoms. The highest BCUT2D eigenvalue weighted by Crippen LogP contribution is 2.29. The van der Waals surface area contributed by atoms with E-state index in [0.29, 0.717) is 11.7 Å². The molecule has 1 N–H and O–H groups in total. The molecule has 0 aliphatic rings. The topological polar surface area (TPSA) is 38.7 Å². The van der Waals surface area contributed by atoms with Gasteiger partial charge in [-0.15, -0.1) is 0 Å². The molecule has 124 valence electrons. The lowest BCUT2D eigenvalue weighted by Gasteiger charge is -2.16. The largest absolute Gasteiger partial charge is 0.507 e. The van der Waals surface area contributed by atoms with Gasteiger partial charge in [0.2, 0.25) is 0 Å². The van der Waals surface area contributed by atoms with Crippen molar-refractivity contribution in [1.82, 2.24) is 0 Å². The van der Waals surface area contributed by atoms with Crippen molar-refractivity contribution in [1.29, 1.82) is 0 Å². The first-order valence-electron chi connectivity index (χ1n) is 7.96. The van der Waals surface area contributed by atoms with Crippen molar-refractivity contribution in [2.45, 2.75) is 40.0 Å². The first-order chi connectivity index (χ1) is 10.9. The van der Waals surface area contributed by atoms with Gasteiger partial charge in [-0.1, -0.05) is 38.1 Å². The third kappa shape index (κ3) is 4.26. The van der Waals surface area contributed by atoms with Gasteiger partial charge in [-0.2, -0.15) is 0 Å². The molecule has 0 aliphatic carbocycles. The van der Waals surface area contributed by atoms with Crippen LogP contribution in [0.2, 0.25) is 0 Å². The summed E-state index contributed by atoms with van der Waals surface area (Å²) in [4.78, 5) is 0. The second kappa shape index (κ2) is 7.51. The summed E-state index contributed by atoms with van der Waals surface area (Å²) in [6.45, 7) is 8.46. The zero-order valence-electron chi connectivity index (χ0n) is 14.6. The third-order valence-electron chi connectivity index (χ3n) is 3.99. The standard InChI is InChI=1S/C20H26O3/c1-13(2)18-11-16(6-7-19(18)23-12-22-5)10-17-8-14(3)20(21)15(4)9-17/h6-9,11,13,21H,10,12H2,1-5H3. The van der Waals surface area contributed by atoms with Crippen molar-refractivity contribution in [3.8, 4) is 11.5 Å². The molecule has 0 saturated heterocycles. The normalized spacial score (nSPS) is 11.0. The molecule has 3 heteroatoms. The number of hydrogen-bond donors (Lipinski definition) is 1. The molecule has 0 aliphatic heterocycles. The predicted molar refractivity (Wildman–Crippen MR) is 93.4 cm³/mol. The maximum absolute atomic E-state index is 9.90. The summed E-state index contributed by atoms with van der Waals surface area (Å²) in [6, 6.07) is 10.4. The van der Waals surface area contributed by atoms with Gasteiger partial charge in [-0.05, 0) is 60.1 Å². The average Bonchev–Trinajstić information content (AvgIpc) is 2.51. The molecule has 0 heterocycles. The lowest BCUT2D eigenvalue weighted by Crippen LogP contribution is -2.03. The van der Waals surface area contributed by atoms with Crippen LogP contribution in [0, 0.1) is 13.8 Å². The minimum atomic E-state index is 0.259. The summed E-state index contributed by atoms with van der Waals surface area (Å²) in [5.74, 6) is 1.65. The minimum Gasteiger partial charge on any atom is -0.507 e. The van der Waals surface area contributed by atoms with Gasteiger partial charge in [0.1, 0.15) is 11.5 Å². The number of aryl methyl sites for hydroxylation is 2. The van der Waals surface area contributed by atoms with Crippen molar-refractivity contribution in [2.24, 2.45) is 0 Å². The average molecular weight is 314 g/mol. The monoisotopic (exact) mass is 314 g/mol. The highest BCUT2D eigenvalue weighted by atomic mass is 16.7. The Morgan fingerprint density at radius 3 is 2.22 bits per heavy atom. The molecule has 23 heavy (non-hydrogen) atoms. The van der Waals surface area contributed by atoms with Gasteiger partial charge in [-0.3, -0.25) is 0 Å². The van der Waals surface area contributed by atoms with E-state index >= 15 is 0 Å². The Kier molecular flexibility index (Phi) is 5.67. The van der Waals surface area contributed by atoms with Gasteiger partial charge in [-0.25, -0.2) is 0 Å². The van der Waals surface area contributed by atoms with Crippen LogP contribution >= 0.6 is 0 Å². The van der Waals surface area contributed by atoms with Gasteiger partial charge < -0.3 is 14.6 Å². The SMILES string of the molecule is COCOc1ccc(Cc2cc(C)c(O)c(C)c2)cc1C(C)C. The van der Waals surface area contributed by atoms with E-state index in [1.54, 1.807) is 7.11 Å². The van der Waals surface area contributed by atoms with Crippen LogP contribution < -0.4 is 4.74 Å². The Morgan fingerprint density at radius 1 is 1.00 bits per heavy atom. The number of phenolic OH excluding ortho intramolecular Hbond substituents is 1. The number of phenols is 1. The second-order valence-electron chi connectivity index (χ2n) is 6.33. The summed E-state index contributed by atoms with van der Waals surface area (Å²) >= 11 is 0. The number of rotatable bonds is 6. The number of hydrogen-bond acceptors (Lipinski definition) is 3. The Balaban J connectivity index is 2.28. The van der Waals surface area contributed by atoms with Crippen LogP contribution in [0.4, 0.5) is 0 Å². The van der Waals surface area contributed by atoms with Crippen molar-refractivity contribution in [3.63, 3.8) is 0 Å². The van der Waals surface area contributed by atoms with Gasteiger partial charge in [0.25, 0.3) is 0 Å². The summed E-state index contributed by atoms with van der Waals surface area (Å²) in [5.41, 5.74) is 5.47. The first-order valence-corrected chi connectivity index (χ1v) is 7.96. The fourth-order valence-corrected chi connectivity index (χ4v) is 2.80. The lowest BCUT2D eigenvalue weighted by molar-refractivity contribution is 0.0502. The second-order valence-corrected chi connectivity index (χ2v) is 6.33. The summed E-state index contributed by atoms with van der Waals surface area (Å²) in [5, 5.41) is 9.90. The quantitative estimate of drug-likeness (QED) is 0.785. The van der Waals surface area contributed by atoms with E-state index in [0.717, 1.165) is 23.3 Å². The van der Waals surface area contributed by atoms with E-state index in [9.17, 15) is 5.11 Å². The molecule has 0 radical (unpaired) electrons. The molecule has 0 aromatic heterocycles. The Hall–Kier alpha value is -2.00. The first kappa shape index (κ1) is 17.4. The van der Waals surface area contributed by atoms with Crippen LogP contribution in [-0.4, -0.2) is 19.0 Å². The van der Waals surface area contributed by atoms with Crippen LogP contribution in [0.15, 0.2) is 30.3 Å². The summed E-state index contributed by atoms with van der Waals surface area (Å²) in [7, 11) is 1.62. The van der Waals surface area contributed by atoms with Crippen LogP contribution in [0.3, 0.4) is 0 Å². The van der Waals surface area contributed by atoms with Gasteiger partial charge in [0.15, 0.2) is 6.79 Å². The Bertz CT molecular complexity index is 652. The molecule has 3 nitrogen and oxygen atoms in total. The van der Waals surface area contributed by atoms with Crippen LogP contribution in [0.5, 0.6) is 11.5 Å². The fourth-order valence-electron chi connectivity index (χ4n) is 2.80. The van der Waals surface area contributed by atoms with Crippen molar-refractivity contribution < 1.29 is 14.6 Å². The third-order valence-corrected chi connectivity index (χ3v) is 3.99. The van der Waals surface area contributed by atoms with Crippen molar-refractivity contribution >= 4 is 0 Å². The molecule has 0 bridgehead atoms. The molecule has 0 unspecified atom stereocenters. The molecule has 0 fully saturated rings. The molecular weight excluding hydrogens is 288 g/mol. The van der Waals surface area contributed by atoms with E-state index in [-0.39, 0.29) is 6.79 Å². The fraction of sp³-hybridized carbons (Fsp3) is 0.400. The molecule has 2 rings (SSSR count). The van der Waals surface area contributed by atoms with Crippen molar-refractivity contribution in [2.75, 3.05) is 13.9 Å². The zero-order chi connectivity index (χ0) is 17.0. The van der Waals surface area contributed by atoms with Crippen LogP contribution in [0.25, 0.3) is 0 Å². The summed E-state index contributed by atoms with van der Waals surface area (Å²) < 4.78 is 10.6. The Labute approximate surface area is 138 Å². The highest BCUT2D eigenvalue weighted by Gasteiger charge is 2.10. The van der Waals surface area contributed by atoms with E-state index in [2.05, 4.69) is 26.0 Å². The number of methoxy groups -OCH3 is 1. The number of benzene rings is 2. The zero-order valence-corrected chi connectivity index (χ0v) is 14.6. The molecule has 2 aromatic rings. The highest BCUT2D eigenvalue weighted by molar-refractivity contribution is 5.45. The van der Waals surface area contributed by atoms with E-state index in [1.165, 1.54) is 16.7 Å². The summed E-state index contributed by atoms with van der Waals surface area (Å²) in [6.07, 6.45) is 0.840. The molecule has 0 atom stereocenters. The predicted octanol–water partition coefficient (Wildman–Crippen LogP) is 4.71. The molecule has 0 saturated carbocycles. The van der Waals surface area contributed by atoms with Gasteiger partial charge in [0, 0.05) is 7.11 Å². The molecular formula is C20H26O3. The Morgan fingerprint density at radius 2 is 1.65 bits per heavy atom. The van der Waals surface area contributed by atoms with E-state index in [4.69, 9.17) is 9.47 Å². The number of aromatic hydroxyl groups is 1. The maximum atomic E-state index is 9.90. The van der Waals surface area contributed by atoms with Gasteiger partial charge >= 0.3 is 0 Å². The van der Waals surface area contributed by atoms with E-state index in [1.807, 2.05) is 32.0 Å². The molecule has 2 aromatic carbocycles. The lowest BCUT2D eigenvalue weighted by atomic mass is 9.95. The van der Waals surface area contributed by atoms with Crippen LogP contribution in [0.1, 0.15) is 47.6 Å². The maximum Gasteiger partial charge on any atom is 0.188 e. The van der Waals surface area contributed by atoms with E-state index < -0.39 is 0 Å². The van der Waals surface area contributed by atoms with Gasteiger partial charge in [0.05, 0.1) is 0 Å².